The van der Waals surface area contributed by atoms with Crippen LogP contribution in [0.2, 0.25) is 0 Å². The van der Waals surface area contributed by atoms with E-state index in [2.05, 4.69) is 20.5 Å². The van der Waals surface area contributed by atoms with E-state index in [4.69, 9.17) is 0 Å². The molecule has 27 heavy (non-hydrogen) atoms. The van der Waals surface area contributed by atoms with Crippen molar-refractivity contribution in [2.24, 2.45) is 0 Å². The molecule has 8 nitrogen and oxygen atoms in total. The summed E-state index contributed by atoms with van der Waals surface area (Å²) >= 11 is 1.15. The number of carbonyl (C=O) groups is 1. The number of nitro groups is 1. The maximum atomic E-state index is 12.2. The first-order valence-electron chi connectivity index (χ1n) is 8.10. The number of aryl methyl sites for hydroxylation is 2. The fraction of sp³-hybridized carbons (Fsp3) is 0.167. The van der Waals surface area contributed by atoms with E-state index in [1.54, 1.807) is 13.0 Å². The van der Waals surface area contributed by atoms with Crippen LogP contribution in [0, 0.1) is 24.0 Å². The number of H-pyrrole nitrogens is 1. The van der Waals surface area contributed by atoms with Crippen molar-refractivity contribution in [2.75, 3.05) is 11.1 Å². The SMILES string of the molecule is Cc1ccc(NC(=O)CSc2n[nH]c(-c3ccccc3C)n2)c([N+](=O)[O-])c1. The third-order valence-corrected chi connectivity index (χ3v) is 4.67. The van der Waals surface area contributed by atoms with Gasteiger partial charge >= 0.3 is 0 Å². The molecule has 138 valence electrons. The number of nitrogens with one attached hydrogen (secondary N) is 2. The molecule has 1 amide bonds. The highest BCUT2D eigenvalue weighted by Crippen LogP contribution is 2.26. The van der Waals surface area contributed by atoms with Gasteiger partial charge in [0.1, 0.15) is 5.69 Å². The van der Waals surface area contributed by atoms with Gasteiger partial charge in [-0.1, -0.05) is 42.1 Å². The normalized spacial score (nSPS) is 10.6. The smallest absolute Gasteiger partial charge is 0.293 e. The number of thioether (sulfide) groups is 1. The van der Waals surface area contributed by atoms with Crippen LogP contribution < -0.4 is 5.32 Å². The van der Waals surface area contributed by atoms with Crippen LogP contribution in [0.1, 0.15) is 11.1 Å². The minimum absolute atomic E-state index is 0.0378. The van der Waals surface area contributed by atoms with Gasteiger partial charge in [-0.3, -0.25) is 20.0 Å². The highest BCUT2D eigenvalue weighted by atomic mass is 32.2. The lowest BCUT2D eigenvalue weighted by Crippen LogP contribution is -2.15. The number of carbonyl (C=O) groups excluding carboxylic acids is 1. The van der Waals surface area contributed by atoms with Crippen molar-refractivity contribution in [3.63, 3.8) is 0 Å². The van der Waals surface area contributed by atoms with E-state index < -0.39 is 4.92 Å². The van der Waals surface area contributed by atoms with Crippen LogP contribution >= 0.6 is 11.8 Å². The number of nitro benzene ring substituents is 1. The summed E-state index contributed by atoms with van der Waals surface area (Å²) in [4.78, 5) is 27.2. The van der Waals surface area contributed by atoms with Gasteiger partial charge in [0.05, 0.1) is 10.7 Å². The molecular formula is C18H17N5O3S. The molecule has 0 aliphatic heterocycles. The highest BCUT2D eigenvalue weighted by Gasteiger charge is 2.17. The van der Waals surface area contributed by atoms with Gasteiger partial charge in [0.2, 0.25) is 11.1 Å². The van der Waals surface area contributed by atoms with Crippen molar-refractivity contribution in [1.29, 1.82) is 0 Å². The van der Waals surface area contributed by atoms with Gasteiger partial charge in [-0.15, -0.1) is 5.10 Å². The van der Waals surface area contributed by atoms with Gasteiger partial charge in [-0.25, -0.2) is 4.98 Å². The number of hydrogen-bond donors (Lipinski definition) is 2. The second-order valence-electron chi connectivity index (χ2n) is 5.90. The van der Waals surface area contributed by atoms with Crippen LogP contribution in [0.25, 0.3) is 11.4 Å². The Hall–Kier alpha value is -3.20. The van der Waals surface area contributed by atoms with Crippen LogP contribution in [0.4, 0.5) is 11.4 Å². The molecule has 0 unspecified atom stereocenters. The molecule has 3 aromatic rings. The number of nitrogens with zero attached hydrogens (tertiary/aromatic N) is 3. The largest absolute Gasteiger partial charge is 0.320 e. The number of anilines is 1. The minimum atomic E-state index is -0.514. The highest BCUT2D eigenvalue weighted by molar-refractivity contribution is 7.99. The molecule has 0 aliphatic rings. The molecule has 3 rings (SSSR count). The van der Waals surface area contributed by atoms with Crippen LogP contribution in [0.5, 0.6) is 0 Å². The van der Waals surface area contributed by atoms with E-state index in [0.29, 0.717) is 11.0 Å². The van der Waals surface area contributed by atoms with Gasteiger partial charge in [0.25, 0.3) is 5.69 Å². The van der Waals surface area contributed by atoms with Crippen LogP contribution in [0.3, 0.4) is 0 Å². The lowest BCUT2D eigenvalue weighted by Gasteiger charge is -2.05. The zero-order valence-corrected chi connectivity index (χ0v) is 15.5. The summed E-state index contributed by atoms with van der Waals surface area (Å²) in [6.07, 6.45) is 0. The third kappa shape index (κ3) is 4.50. The fourth-order valence-corrected chi connectivity index (χ4v) is 3.08. The summed E-state index contributed by atoms with van der Waals surface area (Å²) in [6.45, 7) is 3.73. The quantitative estimate of drug-likeness (QED) is 0.381. The maximum Gasteiger partial charge on any atom is 0.293 e. The Balaban J connectivity index is 1.64. The molecule has 0 aliphatic carbocycles. The van der Waals surface area contributed by atoms with E-state index in [1.807, 2.05) is 31.2 Å². The van der Waals surface area contributed by atoms with Gasteiger partial charge in [-0.2, -0.15) is 0 Å². The molecular weight excluding hydrogens is 366 g/mol. The molecule has 0 atom stereocenters. The average molecular weight is 383 g/mol. The standard InChI is InChI=1S/C18H17N5O3S/c1-11-7-8-14(15(9-11)23(25)26)19-16(24)10-27-18-20-17(21-22-18)13-6-4-3-5-12(13)2/h3-9H,10H2,1-2H3,(H,19,24)(H,20,21,22). The number of aromatic amines is 1. The summed E-state index contributed by atoms with van der Waals surface area (Å²) < 4.78 is 0. The summed E-state index contributed by atoms with van der Waals surface area (Å²) in [5.41, 5.74) is 2.80. The van der Waals surface area contributed by atoms with Gasteiger partial charge in [-0.05, 0) is 31.0 Å². The van der Waals surface area contributed by atoms with Crippen molar-refractivity contribution in [3.05, 3.63) is 63.7 Å². The van der Waals surface area contributed by atoms with E-state index in [-0.39, 0.29) is 23.0 Å². The second-order valence-corrected chi connectivity index (χ2v) is 6.84. The number of aromatic nitrogens is 3. The number of amides is 1. The first kappa shape index (κ1) is 18.6. The Morgan fingerprint density at radius 1 is 1.26 bits per heavy atom. The predicted octanol–water partition coefficient (Wildman–Crippen LogP) is 3.73. The van der Waals surface area contributed by atoms with Crippen molar-refractivity contribution in [3.8, 4) is 11.4 Å². The Morgan fingerprint density at radius 3 is 2.78 bits per heavy atom. The van der Waals surface area contributed by atoms with E-state index in [1.165, 1.54) is 12.1 Å². The molecule has 1 aromatic heterocycles. The minimum Gasteiger partial charge on any atom is -0.320 e. The van der Waals surface area contributed by atoms with Crippen molar-refractivity contribution in [2.45, 2.75) is 19.0 Å². The van der Waals surface area contributed by atoms with Gasteiger partial charge < -0.3 is 5.32 Å². The molecule has 2 N–H and O–H groups in total. The Morgan fingerprint density at radius 2 is 2.04 bits per heavy atom. The summed E-state index contributed by atoms with van der Waals surface area (Å²) in [7, 11) is 0. The molecule has 1 heterocycles. The molecule has 0 bridgehead atoms. The van der Waals surface area contributed by atoms with E-state index >= 15 is 0 Å². The molecule has 0 spiro atoms. The van der Waals surface area contributed by atoms with Crippen LogP contribution in [-0.4, -0.2) is 31.8 Å². The number of rotatable bonds is 6. The molecule has 9 heteroatoms. The van der Waals surface area contributed by atoms with E-state index in [9.17, 15) is 14.9 Å². The maximum absolute atomic E-state index is 12.2. The Kier molecular flexibility index (Phi) is 5.51. The van der Waals surface area contributed by atoms with Gasteiger partial charge in [0.15, 0.2) is 5.82 Å². The van der Waals surface area contributed by atoms with Crippen LogP contribution in [-0.2, 0) is 4.79 Å². The molecule has 0 saturated carbocycles. The summed E-state index contributed by atoms with van der Waals surface area (Å²) in [6, 6.07) is 12.4. The average Bonchev–Trinajstić information content (AvgIpc) is 3.10. The molecule has 0 saturated heterocycles. The number of hydrogen-bond acceptors (Lipinski definition) is 6. The lowest BCUT2D eigenvalue weighted by molar-refractivity contribution is -0.384. The summed E-state index contributed by atoms with van der Waals surface area (Å²) in [5, 5.41) is 21.1. The molecule has 0 fully saturated rings. The zero-order chi connectivity index (χ0) is 19.4. The third-order valence-electron chi connectivity index (χ3n) is 3.82. The monoisotopic (exact) mass is 383 g/mol. The lowest BCUT2D eigenvalue weighted by atomic mass is 10.1. The Labute approximate surface area is 159 Å². The van der Waals surface area contributed by atoms with Crippen molar-refractivity contribution in [1.82, 2.24) is 15.2 Å². The first-order valence-corrected chi connectivity index (χ1v) is 9.08. The van der Waals surface area contributed by atoms with Gasteiger partial charge in [0, 0.05) is 11.6 Å². The summed E-state index contributed by atoms with van der Waals surface area (Å²) in [5.74, 6) is 0.301. The van der Waals surface area contributed by atoms with E-state index in [0.717, 1.165) is 28.5 Å². The molecule has 0 radical (unpaired) electrons. The molecule has 2 aromatic carbocycles. The number of benzene rings is 2. The predicted molar refractivity (Wildman–Crippen MR) is 104 cm³/mol. The topological polar surface area (TPSA) is 114 Å². The van der Waals surface area contributed by atoms with Crippen molar-refractivity contribution < 1.29 is 9.72 Å². The van der Waals surface area contributed by atoms with Crippen molar-refractivity contribution >= 4 is 29.0 Å². The van der Waals surface area contributed by atoms with Crippen LogP contribution in [0.15, 0.2) is 47.6 Å². The Bertz CT molecular complexity index is 1000. The zero-order valence-electron chi connectivity index (χ0n) is 14.7. The first-order chi connectivity index (χ1) is 12.9. The fourth-order valence-electron chi connectivity index (χ4n) is 2.48. The second kappa shape index (κ2) is 8.00.